The fraction of sp³-hybridized carbons (Fsp3) is 0.552. The van der Waals surface area contributed by atoms with E-state index in [1.54, 1.807) is 0 Å². The number of ether oxygens (including phenoxy) is 1. The zero-order valence-corrected chi connectivity index (χ0v) is 21.8. The molecule has 3 rings (SSSR count). The average molecular weight is 487 g/mol. The Balaban J connectivity index is 0.00000408. The van der Waals surface area contributed by atoms with E-state index in [-0.39, 0.29) is 12.4 Å². The van der Waals surface area contributed by atoms with Crippen LogP contribution < -0.4 is 17.0 Å². The molecule has 4 nitrogen and oxygen atoms in total. The van der Waals surface area contributed by atoms with Crippen molar-refractivity contribution in [3.05, 3.63) is 66.0 Å². The van der Waals surface area contributed by atoms with E-state index < -0.39 is 6.10 Å². The van der Waals surface area contributed by atoms with Crippen LogP contribution in [0.15, 0.2) is 54.6 Å². The van der Waals surface area contributed by atoms with Crippen LogP contribution in [0.5, 0.6) is 0 Å². The van der Waals surface area contributed by atoms with Crippen molar-refractivity contribution >= 4 is 11.0 Å². The molecule has 0 radical (unpaired) electrons. The van der Waals surface area contributed by atoms with Crippen molar-refractivity contribution in [3.63, 3.8) is 0 Å². The number of para-hydroxylation sites is 2. The quantitative estimate of drug-likeness (QED) is 0.248. The Morgan fingerprint density at radius 3 is 2.09 bits per heavy atom. The Morgan fingerprint density at radius 2 is 1.41 bits per heavy atom. The number of hydrogen-bond acceptors (Lipinski definition) is 2. The number of halogens is 1. The SMILES string of the molecule is CCCCCCCCCCCCOCn1c(CC(O)c2ccccc2)[n+](C)c2ccccc21.[Cl-]. The number of unbranched alkanes of at least 4 members (excludes halogenated alkanes) is 9. The third-order valence-electron chi connectivity index (χ3n) is 6.66. The molecule has 2 aromatic carbocycles. The van der Waals surface area contributed by atoms with Gasteiger partial charge < -0.3 is 22.3 Å². The number of fused-ring (bicyclic) bond motifs is 1. The summed E-state index contributed by atoms with van der Waals surface area (Å²) in [5.41, 5.74) is 3.26. The number of aromatic nitrogens is 2. The van der Waals surface area contributed by atoms with Crippen molar-refractivity contribution in [2.24, 2.45) is 7.05 Å². The van der Waals surface area contributed by atoms with Crippen molar-refractivity contribution in [1.29, 1.82) is 0 Å². The highest BCUT2D eigenvalue weighted by Crippen LogP contribution is 2.21. The van der Waals surface area contributed by atoms with Gasteiger partial charge in [0.05, 0.1) is 26.2 Å². The van der Waals surface area contributed by atoms with Crippen molar-refractivity contribution in [3.8, 4) is 0 Å². The van der Waals surface area contributed by atoms with Crippen LogP contribution in [-0.4, -0.2) is 16.3 Å². The van der Waals surface area contributed by atoms with Gasteiger partial charge in [0.15, 0.2) is 17.8 Å². The normalized spacial score (nSPS) is 12.1. The maximum atomic E-state index is 10.9. The standard InChI is InChI=1S/C29H43N2O2.ClH/c1-3-4-5-6-7-8-9-10-11-17-22-33-24-31-27-21-16-15-20-26(27)30(2)29(31)23-28(32)25-18-13-12-14-19-25;/h12-16,18-21,28,32H,3-11,17,22-24H2,1-2H3;1H/q+1;/p-1. The van der Waals surface area contributed by atoms with E-state index in [0.717, 1.165) is 35.4 Å². The number of nitrogens with zero attached hydrogens (tertiary/aromatic N) is 2. The summed E-state index contributed by atoms with van der Waals surface area (Å²) in [4.78, 5) is 0. The molecule has 3 aromatic rings. The van der Waals surface area contributed by atoms with Crippen LogP contribution in [0, 0.1) is 0 Å². The molecule has 188 valence electrons. The zero-order valence-electron chi connectivity index (χ0n) is 21.1. The number of aryl methyl sites for hydroxylation is 1. The van der Waals surface area contributed by atoms with Gasteiger partial charge in [0, 0.05) is 0 Å². The van der Waals surface area contributed by atoms with Crippen LogP contribution in [0.1, 0.15) is 88.6 Å². The summed E-state index contributed by atoms with van der Waals surface area (Å²) in [6.45, 7) is 3.58. The van der Waals surface area contributed by atoms with Gasteiger partial charge >= 0.3 is 0 Å². The first-order valence-electron chi connectivity index (χ1n) is 13.0. The summed E-state index contributed by atoms with van der Waals surface area (Å²) in [6, 6.07) is 18.3. The summed E-state index contributed by atoms with van der Waals surface area (Å²) in [7, 11) is 2.08. The Morgan fingerprint density at radius 1 is 0.824 bits per heavy atom. The number of hydrogen-bond donors (Lipinski definition) is 1. The van der Waals surface area contributed by atoms with Gasteiger partial charge in [-0.1, -0.05) is 107 Å². The summed E-state index contributed by atoms with van der Waals surface area (Å²) >= 11 is 0. The monoisotopic (exact) mass is 486 g/mol. The lowest BCUT2D eigenvalue weighted by molar-refractivity contribution is -0.654. The topological polar surface area (TPSA) is 38.3 Å². The van der Waals surface area contributed by atoms with Crippen molar-refractivity contribution in [1.82, 2.24) is 4.57 Å². The summed E-state index contributed by atoms with van der Waals surface area (Å²) < 4.78 is 10.5. The predicted octanol–water partition coefficient (Wildman–Crippen LogP) is 3.64. The van der Waals surface area contributed by atoms with E-state index in [0.29, 0.717) is 13.2 Å². The first-order chi connectivity index (χ1) is 16.2. The van der Waals surface area contributed by atoms with E-state index in [2.05, 4.69) is 47.4 Å². The number of aliphatic hydroxyl groups excluding tert-OH is 1. The van der Waals surface area contributed by atoms with Gasteiger partial charge in [-0.15, -0.1) is 0 Å². The fourth-order valence-electron chi connectivity index (χ4n) is 4.64. The van der Waals surface area contributed by atoms with Gasteiger partial charge in [-0.25, -0.2) is 9.13 Å². The Bertz CT molecular complexity index is 942. The number of benzene rings is 2. The molecular formula is C29H43ClN2O2. The molecule has 34 heavy (non-hydrogen) atoms. The molecule has 0 saturated carbocycles. The molecule has 1 aromatic heterocycles. The molecular weight excluding hydrogens is 444 g/mol. The van der Waals surface area contributed by atoms with Crippen molar-refractivity contribution < 1.29 is 26.8 Å². The number of rotatable bonds is 16. The maximum absolute atomic E-state index is 10.9. The minimum absolute atomic E-state index is 0. The highest BCUT2D eigenvalue weighted by Gasteiger charge is 2.25. The first-order valence-corrected chi connectivity index (χ1v) is 13.0. The molecule has 5 heteroatoms. The van der Waals surface area contributed by atoms with Crippen LogP contribution in [0.3, 0.4) is 0 Å². The van der Waals surface area contributed by atoms with Crippen LogP contribution >= 0.6 is 0 Å². The second kappa shape index (κ2) is 15.9. The van der Waals surface area contributed by atoms with Crippen LogP contribution in [0.2, 0.25) is 0 Å². The third-order valence-corrected chi connectivity index (χ3v) is 6.66. The van der Waals surface area contributed by atoms with Gasteiger partial charge in [-0.05, 0) is 24.1 Å². The lowest BCUT2D eigenvalue weighted by atomic mass is 10.1. The predicted molar refractivity (Wildman–Crippen MR) is 136 cm³/mol. The summed E-state index contributed by atoms with van der Waals surface area (Å²) in [5.74, 6) is 1.08. The number of imidazole rings is 1. The maximum Gasteiger partial charge on any atom is 0.262 e. The van der Waals surface area contributed by atoms with Crippen molar-refractivity contribution in [2.75, 3.05) is 6.61 Å². The highest BCUT2D eigenvalue weighted by atomic mass is 35.5. The van der Waals surface area contributed by atoms with E-state index in [1.807, 2.05) is 30.3 Å². The van der Waals surface area contributed by atoms with Crippen LogP contribution in [0.4, 0.5) is 0 Å². The fourth-order valence-corrected chi connectivity index (χ4v) is 4.64. The van der Waals surface area contributed by atoms with E-state index in [4.69, 9.17) is 4.74 Å². The van der Waals surface area contributed by atoms with E-state index in [1.165, 1.54) is 57.8 Å². The molecule has 1 N–H and O–H groups in total. The summed E-state index contributed by atoms with van der Waals surface area (Å²) in [6.07, 6.45) is 13.3. The second-order valence-electron chi connectivity index (χ2n) is 9.24. The lowest BCUT2D eigenvalue weighted by Gasteiger charge is -2.10. The third kappa shape index (κ3) is 8.41. The minimum Gasteiger partial charge on any atom is -1.00 e. The largest absolute Gasteiger partial charge is 1.00 e. The molecule has 0 amide bonds. The van der Waals surface area contributed by atoms with Gasteiger partial charge in [-0.3, -0.25) is 0 Å². The van der Waals surface area contributed by atoms with E-state index in [9.17, 15) is 5.11 Å². The van der Waals surface area contributed by atoms with Crippen LogP contribution in [-0.2, 0) is 24.9 Å². The lowest BCUT2D eigenvalue weighted by Crippen LogP contribution is -3.00. The molecule has 1 atom stereocenters. The summed E-state index contributed by atoms with van der Waals surface area (Å²) in [5, 5.41) is 10.9. The molecule has 0 aliphatic heterocycles. The molecule has 0 aliphatic rings. The van der Waals surface area contributed by atoms with Gasteiger partial charge in [0.25, 0.3) is 5.82 Å². The average Bonchev–Trinajstić information content (AvgIpc) is 3.11. The molecule has 0 spiro atoms. The first kappa shape index (κ1) is 28.4. The second-order valence-corrected chi connectivity index (χ2v) is 9.24. The number of aliphatic hydroxyl groups is 1. The van der Waals surface area contributed by atoms with Gasteiger partial charge in [-0.2, -0.15) is 0 Å². The Hall–Kier alpha value is -1.88. The molecule has 1 heterocycles. The molecule has 1 unspecified atom stereocenters. The molecule has 0 bridgehead atoms. The molecule has 0 aliphatic carbocycles. The molecule has 0 fully saturated rings. The Labute approximate surface area is 212 Å². The van der Waals surface area contributed by atoms with Crippen molar-refractivity contribution in [2.45, 2.75) is 90.4 Å². The minimum atomic E-state index is -0.539. The van der Waals surface area contributed by atoms with E-state index >= 15 is 0 Å². The zero-order chi connectivity index (χ0) is 23.3. The highest BCUT2D eigenvalue weighted by molar-refractivity contribution is 5.72. The van der Waals surface area contributed by atoms with Gasteiger partial charge in [0.1, 0.15) is 0 Å². The molecule has 0 saturated heterocycles. The smallest absolute Gasteiger partial charge is 0.262 e. The van der Waals surface area contributed by atoms with Gasteiger partial charge in [0.2, 0.25) is 0 Å². The van der Waals surface area contributed by atoms with Crippen LogP contribution in [0.25, 0.3) is 11.0 Å². The Kier molecular flexibility index (Phi) is 13.3.